The Morgan fingerprint density at radius 1 is 0.386 bits per heavy atom. The molecule has 0 saturated carbocycles. The predicted molar refractivity (Wildman–Crippen MR) is 185 cm³/mol. The van der Waals surface area contributed by atoms with E-state index in [-0.39, 0.29) is 35.3 Å². The lowest BCUT2D eigenvalue weighted by Crippen LogP contribution is -2.09. The molecule has 0 aliphatic carbocycles. The Kier molecular flexibility index (Phi) is 4.36. The number of nitrogens with zero attached hydrogens (tertiary/aromatic N) is 1. The molecule has 1 aromatic heterocycles. The summed E-state index contributed by atoms with van der Waals surface area (Å²) in [5.41, 5.74) is 6.97. The van der Waals surface area contributed by atoms with Crippen LogP contribution in [0, 0.1) is 0 Å². The van der Waals surface area contributed by atoms with E-state index in [1.54, 1.807) is 24.3 Å². The standard InChI is InChI=1S/C42H29NO/c1-3-9-30(10-4-1)32-15-22-36(23-16-32)43(37-24-17-33(18-25-37)31-11-5-2-6-12-31)38-26-19-34(20-27-38)35-21-28-42-40(29-35)39-13-7-8-14-41(39)44-42/h1-29H/i1D,2D,3D,4D,5D,6D,9D,10D,11D,12D. The van der Waals surface area contributed by atoms with Gasteiger partial charge in [-0.3, -0.25) is 0 Å². The van der Waals surface area contributed by atoms with E-state index >= 15 is 0 Å². The zero-order valence-electron chi connectivity index (χ0n) is 33.3. The molecule has 0 saturated heterocycles. The SMILES string of the molecule is [2H]c1c([2H])c([2H])c(-c2ccc(N(c3ccc(-c4ccc5oc6ccccc6c5c4)cc3)c3ccc(-c4c([2H])c([2H])c([2H])c([2H])c4[2H])cc3)cc2)c([2H])c1[2H]. The van der Waals surface area contributed by atoms with Crippen molar-refractivity contribution < 1.29 is 18.1 Å². The van der Waals surface area contributed by atoms with Gasteiger partial charge in [0.05, 0.1) is 13.7 Å². The summed E-state index contributed by atoms with van der Waals surface area (Å²) in [6, 6.07) is 32.5. The summed E-state index contributed by atoms with van der Waals surface area (Å²) in [7, 11) is 0. The Balaban J connectivity index is 1.21. The first kappa shape index (κ1) is 17.3. The van der Waals surface area contributed by atoms with Gasteiger partial charge in [0.15, 0.2) is 0 Å². The molecular weight excluding hydrogens is 534 g/mol. The zero-order valence-corrected chi connectivity index (χ0v) is 23.3. The summed E-state index contributed by atoms with van der Waals surface area (Å²) < 4.78 is 88.3. The Hall–Kier alpha value is -5.86. The summed E-state index contributed by atoms with van der Waals surface area (Å²) in [5.74, 6) is 0. The molecule has 0 bridgehead atoms. The highest BCUT2D eigenvalue weighted by Crippen LogP contribution is 2.38. The van der Waals surface area contributed by atoms with Crippen LogP contribution in [-0.2, 0) is 0 Å². The van der Waals surface area contributed by atoms with Crippen molar-refractivity contribution in [2.24, 2.45) is 0 Å². The van der Waals surface area contributed by atoms with Gasteiger partial charge in [0.1, 0.15) is 11.2 Å². The van der Waals surface area contributed by atoms with Crippen LogP contribution in [0.15, 0.2) is 180 Å². The normalized spacial score (nSPS) is 14.4. The first-order valence-electron chi connectivity index (χ1n) is 19.1. The lowest BCUT2D eigenvalue weighted by molar-refractivity contribution is 0.669. The molecule has 8 rings (SSSR count). The van der Waals surface area contributed by atoms with E-state index in [4.69, 9.17) is 18.1 Å². The van der Waals surface area contributed by atoms with Crippen LogP contribution < -0.4 is 4.90 Å². The number of fused-ring (bicyclic) bond motifs is 3. The maximum atomic E-state index is 8.46. The van der Waals surface area contributed by atoms with Crippen LogP contribution in [0.5, 0.6) is 0 Å². The first-order valence-corrected chi connectivity index (χ1v) is 14.1. The van der Waals surface area contributed by atoms with Crippen LogP contribution in [0.3, 0.4) is 0 Å². The van der Waals surface area contributed by atoms with E-state index in [0.29, 0.717) is 22.5 Å². The van der Waals surface area contributed by atoms with E-state index in [9.17, 15) is 0 Å². The highest BCUT2D eigenvalue weighted by atomic mass is 16.3. The quantitative estimate of drug-likeness (QED) is 0.197. The van der Waals surface area contributed by atoms with Gasteiger partial charge in [0.25, 0.3) is 0 Å². The summed E-state index contributed by atoms with van der Waals surface area (Å²) in [4.78, 5) is 1.98. The van der Waals surface area contributed by atoms with Gasteiger partial charge < -0.3 is 9.32 Å². The average Bonchev–Trinajstić information content (AvgIpc) is 3.57. The van der Waals surface area contributed by atoms with Crippen molar-refractivity contribution in [2.75, 3.05) is 4.90 Å². The van der Waals surface area contributed by atoms with Crippen LogP contribution >= 0.6 is 0 Å². The summed E-state index contributed by atoms with van der Waals surface area (Å²) in [5, 5.41) is 2.06. The Labute approximate surface area is 271 Å². The summed E-state index contributed by atoms with van der Waals surface area (Å²) in [6.45, 7) is 0. The second-order valence-corrected chi connectivity index (χ2v) is 10.3. The number of hydrogen-bond acceptors (Lipinski definition) is 2. The fraction of sp³-hybridized carbons (Fsp3) is 0. The molecule has 0 atom stereocenters. The fourth-order valence-corrected chi connectivity index (χ4v) is 5.50. The van der Waals surface area contributed by atoms with E-state index in [0.717, 1.165) is 38.8 Å². The van der Waals surface area contributed by atoms with Gasteiger partial charge in [-0.05, 0) is 88.0 Å². The third-order valence-corrected chi connectivity index (χ3v) is 7.66. The maximum absolute atomic E-state index is 8.46. The van der Waals surface area contributed by atoms with E-state index in [1.807, 2.05) is 89.8 Å². The van der Waals surface area contributed by atoms with Crippen LogP contribution in [0.1, 0.15) is 13.7 Å². The maximum Gasteiger partial charge on any atom is 0.135 e. The third-order valence-electron chi connectivity index (χ3n) is 7.66. The molecule has 0 fully saturated rings. The summed E-state index contributed by atoms with van der Waals surface area (Å²) in [6.07, 6.45) is 0. The van der Waals surface area contributed by atoms with Crippen molar-refractivity contribution in [2.45, 2.75) is 0 Å². The van der Waals surface area contributed by atoms with Crippen LogP contribution in [0.2, 0.25) is 0 Å². The monoisotopic (exact) mass is 573 g/mol. The highest BCUT2D eigenvalue weighted by molar-refractivity contribution is 6.06. The smallest absolute Gasteiger partial charge is 0.135 e. The third kappa shape index (κ3) is 4.83. The molecule has 2 nitrogen and oxygen atoms in total. The molecule has 0 radical (unpaired) electrons. The van der Waals surface area contributed by atoms with Crippen molar-refractivity contribution in [3.05, 3.63) is 176 Å². The van der Waals surface area contributed by atoms with Crippen LogP contribution in [0.4, 0.5) is 17.1 Å². The molecule has 0 amide bonds. The topological polar surface area (TPSA) is 16.4 Å². The molecule has 0 spiro atoms. The lowest BCUT2D eigenvalue weighted by Gasteiger charge is -2.26. The van der Waals surface area contributed by atoms with Gasteiger partial charge in [0.2, 0.25) is 0 Å². The second kappa shape index (κ2) is 11.1. The molecule has 8 aromatic rings. The van der Waals surface area contributed by atoms with E-state index in [2.05, 4.69) is 6.07 Å². The largest absolute Gasteiger partial charge is 0.456 e. The second-order valence-electron chi connectivity index (χ2n) is 10.3. The molecule has 2 heteroatoms. The molecule has 7 aromatic carbocycles. The molecule has 0 aliphatic heterocycles. The van der Waals surface area contributed by atoms with Gasteiger partial charge in [0, 0.05) is 27.8 Å². The Morgan fingerprint density at radius 3 is 1.34 bits per heavy atom. The average molecular weight is 574 g/mol. The van der Waals surface area contributed by atoms with Crippen molar-refractivity contribution in [1.82, 2.24) is 0 Å². The molecule has 208 valence electrons. The van der Waals surface area contributed by atoms with Gasteiger partial charge in [-0.25, -0.2) is 0 Å². The number of para-hydroxylation sites is 1. The molecular formula is C42H29NO. The Bertz CT molecular complexity index is 2590. The van der Waals surface area contributed by atoms with Gasteiger partial charge in [-0.1, -0.05) is 121 Å². The number of benzene rings is 7. The van der Waals surface area contributed by atoms with Gasteiger partial charge >= 0.3 is 0 Å². The zero-order chi connectivity index (χ0) is 38.0. The van der Waals surface area contributed by atoms with Gasteiger partial charge in [-0.15, -0.1) is 0 Å². The van der Waals surface area contributed by atoms with Crippen LogP contribution in [0.25, 0.3) is 55.3 Å². The lowest BCUT2D eigenvalue weighted by atomic mass is 10.0. The van der Waals surface area contributed by atoms with Crippen molar-refractivity contribution >= 4 is 39.0 Å². The number of anilines is 3. The van der Waals surface area contributed by atoms with Crippen molar-refractivity contribution in [3.63, 3.8) is 0 Å². The molecule has 0 N–H and O–H groups in total. The van der Waals surface area contributed by atoms with Gasteiger partial charge in [-0.2, -0.15) is 0 Å². The minimum Gasteiger partial charge on any atom is -0.456 e. The number of furan rings is 1. The molecule has 44 heavy (non-hydrogen) atoms. The fourth-order valence-electron chi connectivity index (χ4n) is 5.50. The summed E-state index contributed by atoms with van der Waals surface area (Å²) >= 11 is 0. The minimum absolute atomic E-state index is 0.105. The Morgan fingerprint density at radius 2 is 0.818 bits per heavy atom. The van der Waals surface area contributed by atoms with Crippen LogP contribution in [-0.4, -0.2) is 0 Å². The number of hydrogen-bond donors (Lipinski definition) is 0. The van der Waals surface area contributed by atoms with E-state index < -0.39 is 36.3 Å². The molecule has 0 unspecified atom stereocenters. The minimum atomic E-state index is -0.454. The number of rotatable bonds is 6. The molecule has 1 heterocycles. The predicted octanol–water partition coefficient (Wildman–Crippen LogP) is 12.1. The van der Waals surface area contributed by atoms with E-state index in [1.165, 1.54) is 0 Å². The van der Waals surface area contributed by atoms with Crippen molar-refractivity contribution in [1.29, 1.82) is 0 Å². The molecule has 0 aliphatic rings. The highest BCUT2D eigenvalue weighted by Gasteiger charge is 2.14. The van der Waals surface area contributed by atoms with Crippen molar-refractivity contribution in [3.8, 4) is 33.4 Å². The first-order chi connectivity index (χ1) is 25.9.